The Labute approximate surface area is 127 Å². The minimum atomic E-state index is -0.311. The first kappa shape index (κ1) is 15.1. The van der Waals surface area contributed by atoms with Gasteiger partial charge in [0.25, 0.3) is 5.91 Å². The predicted octanol–water partition coefficient (Wildman–Crippen LogP) is 3.39. The zero-order valence-electron chi connectivity index (χ0n) is 11.7. The van der Waals surface area contributed by atoms with Crippen LogP contribution in [0.2, 0.25) is 5.02 Å². The first-order valence-electron chi connectivity index (χ1n) is 6.37. The highest BCUT2D eigenvalue weighted by atomic mass is 35.5. The Morgan fingerprint density at radius 3 is 2.81 bits per heavy atom. The molecule has 0 saturated heterocycles. The molecule has 2 rings (SSSR count). The largest absolute Gasteiger partial charge is 0.493 e. The second-order valence-electron chi connectivity index (χ2n) is 4.11. The quantitative estimate of drug-likeness (QED) is 0.919. The number of pyridine rings is 1. The van der Waals surface area contributed by atoms with Crippen LogP contribution in [-0.2, 0) is 0 Å². The molecule has 1 aromatic carbocycles. The number of anilines is 1. The van der Waals surface area contributed by atoms with Crippen LogP contribution in [0.1, 0.15) is 17.3 Å². The van der Waals surface area contributed by atoms with Gasteiger partial charge in [0.1, 0.15) is 0 Å². The number of benzene rings is 1. The number of ether oxygens (including phenoxy) is 2. The summed E-state index contributed by atoms with van der Waals surface area (Å²) in [5.74, 6) is 0.865. The molecule has 0 saturated carbocycles. The van der Waals surface area contributed by atoms with Gasteiger partial charge in [0.2, 0.25) is 0 Å². The van der Waals surface area contributed by atoms with E-state index < -0.39 is 0 Å². The number of nitrogens with one attached hydrogen (secondary N) is 1. The van der Waals surface area contributed by atoms with Crippen molar-refractivity contribution in [2.45, 2.75) is 6.92 Å². The van der Waals surface area contributed by atoms with Crippen molar-refractivity contribution in [2.75, 3.05) is 19.0 Å². The van der Waals surface area contributed by atoms with Gasteiger partial charge in [-0.3, -0.25) is 9.78 Å². The summed E-state index contributed by atoms with van der Waals surface area (Å²) in [6.45, 7) is 2.43. The number of hydrogen-bond acceptors (Lipinski definition) is 4. The zero-order valence-corrected chi connectivity index (χ0v) is 12.5. The van der Waals surface area contributed by atoms with Gasteiger partial charge in [-0.25, -0.2) is 0 Å². The van der Waals surface area contributed by atoms with Gasteiger partial charge < -0.3 is 14.8 Å². The molecule has 0 radical (unpaired) electrons. The molecule has 1 aromatic heterocycles. The molecule has 2 aromatic rings. The normalized spacial score (nSPS) is 10.0. The van der Waals surface area contributed by atoms with Gasteiger partial charge in [-0.1, -0.05) is 11.6 Å². The van der Waals surface area contributed by atoms with Crippen LogP contribution in [0.4, 0.5) is 5.69 Å². The summed E-state index contributed by atoms with van der Waals surface area (Å²) < 4.78 is 10.7. The van der Waals surface area contributed by atoms with E-state index in [-0.39, 0.29) is 5.91 Å². The number of halogens is 1. The molecule has 0 aliphatic carbocycles. The second kappa shape index (κ2) is 6.95. The van der Waals surface area contributed by atoms with Crippen molar-refractivity contribution in [2.24, 2.45) is 0 Å². The van der Waals surface area contributed by atoms with Crippen molar-refractivity contribution in [1.82, 2.24) is 4.98 Å². The number of hydrogen-bond donors (Lipinski definition) is 1. The summed E-state index contributed by atoms with van der Waals surface area (Å²) in [7, 11) is 1.54. The molecular weight excluding hydrogens is 292 g/mol. The lowest BCUT2D eigenvalue weighted by atomic mass is 10.2. The van der Waals surface area contributed by atoms with E-state index in [1.165, 1.54) is 12.4 Å². The Morgan fingerprint density at radius 2 is 2.14 bits per heavy atom. The van der Waals surface area contributed by atoms with Crippen LogP contribution in [0.5, 0.6) is 11.5 Å². The maximum Gasteiger partial charge on any atom is 0.257 e. The van der Waals surface area contributed by atoms with E-state index >= 15 is 0 Å². The van der Waals surface area contributed by atoms with Crippen LogP contribution >= 0.6 is 11.6 Å². The van der Waals surface area contributed by atoms with E-state index in [1.54, 1.807) is 31.4 Å². The van der Waals surface area contributed by atoms with Crippen LogP contribution in [-0.4, -0.2) is 24.6 Å². The standard InChI is InChI=1S/C15H15ClN2O3/c1-3-21-13-5-4-10(8-14(13)20-2)18-15(19)11-6-7-17-9-12(11)16/h4-9H,3H2,1-2H3,(H,18,19). The molecule has 1 heterocycles. The average Bonchev–Trinajstić information content (AvgIpc) is 2.49. The van der Waals surface area contributed by atoms with Crippen molar-refractivity contribution in [3.63, 3.8) is 0 Å². The van der Waals surface area contributed by atoms with Crippen LogP contribution in [0.25, 0.3) is 0 Å². The fourth-order valence-electron chi connectivity index (χ4n) is 1.78. The lowest BCUT2D eigenvalue weighted by molar-refractivity contribution is 0.102. The Kier molecular flexibility index (Phi) is 5.00. The summed E-state index contributed by atoms with van der Waals surface area (Å²) in [5, 5.41) is 3.06. The second-order valence-corrected chi connectivity index (χ2v) is 4.52. The highest BCUT2D eigenvalue weighted by molar-refractivity contribution is 6.34. The SMILES string of the molecule is CCOc1ccc(NC(=O)c2ccncc2Cl)cc1OC. The van der Waals surface area contributed by atoms with Crippen molar-refractivity contribution in [3.05, 3.63) is 47.2 Å². The van der Waals surface area contributed by atoms with Gasteiger partial charge >= 0.3 is 0 Å². The molecular formula is C15H15ClN2O3. The van der Waals surface area contributed by atoms with Crippen LogP contribution in [0.15, 0.2) is 36.7 Å². The molecule has 5 nitrogen and oxygen atoms in total. The minimum Gasteiger partial charge on any atom is -0.493 e. The Balaban J connectivity index is 2.20. The molecule has 21 heavy (non-hydrogen) atoms. The first-order valence-corrected chi connectivity index (χ1v) is 6.75. The van der Waals surface area contributed by atoms with E-state index in [4.69, 9.17) is 21.1 Å². The minimum absolute atomic E-state index is 0.299. The van der Waals surface area contributed by atoms with Gasteiger partial charge in [0.15, 0.2) is 11.5 Å². The Bertz CT molecular complexity index is 647. The number of carbonyl (C=O) groups excluding carboxylic acids is 1. The third-order valence-electron chi connectivity index (χ3n) is 2.74. The smallest absolute Gasteiger partial charge is 0.257 e. The highest BCUT2D eigenvalue weighted by Gasteiger charge is 2.12. The predicted molar refractivity (Wildman–Crippen MR) is 81.4 cm³/mol. The van der Waals surface area contributed by atoms with Crippen molar-refractivity contribution >= 4 is 23.2 Å². The molecule has 0 atom stereocenters. The fraction of sp³-hybridized carbons (Fsp3) is 0.200. The molecule has 0 spiro atoms. The molecule has 0 aliphatic heterocycles. The molecule has 0 fully saturated rings. The number of rotatable bonds is 5. The molecule has 1 amide bonds. The van der Waals surface area contributed by atoms with Gasteiger partial charge in [-0.2, -0.15) is 0 Å². The van der Waals surface area contributed by atoms with Crippen LogP contribution in [0.3, 0.4) is 0 Å². The Morgan fingerprint density at radius 1 is 1.33 bits per heavy atom. The molecule has 6 heteroatoms. The van der Waals surface area contributed by atoms with E-state index in [0.29, 0.717) is 34.4 Å². The molecule has 0 aliphatic rings. The molecule has 0 bridgehead atoms. The van der Waals surface area contributed by atoms with E-state index in [1.807, 2.05) is 6.92 Å². The average molecular weight is 307 g/mol. The maximum atomic E-state index is 12.1. The number of carbonyl (C=O) groups is 1. The Hall–Kier alpha value is -2.27. The molecule has 110 valence electrons. The van der Waals surface area contributed by atoms with Gasteiger partial charge in [-0.05, 0) is 25.1 Å². The lowest BCUT2D eigenvalue weighted by Crippen LogP contribution is -2.12. The first-order chi connectivity index (χ1) is 10.2. The topological polar surface area (TPSA) is 60.5 Å². The number of methoxy groups -OCH3 is 1. The maximum absolute atomic E-state index is 12.1. The summed E-state index contributed by atoms with van der Waals surface area (Å²) in [4.78, 5) is 16.0. The molecule has 0 unspecified atom stereocenters. The summed E-state index contributed by atoms with van der Waals surface area (Å²) in [6, 6.07) is 6.73. The van der Waals surface area contributed by atoms with Crippen molar-refractivity contribution < 1.29 is 14.3 Å². The number of amides is 1. The van der Waals surface area contributed by atoms with E-state index in [2.05, 4.69) is 10.3 Å². The van der Waals surface area contributed by atoms with Gasteiger partial charge in [-0.15, -0.1) is 0 Å². The van der Waals surface area contributed by atoms with Crippen LogP contribution in [0, 0.1) is 0 Å². The van der Waals surface area contributed by atoms with Gasteiger partial charge in [0.05, 0.1) is 24.3 Å². The fourth-order valence-corrected chi connectivity index (χ4v) is 1.98. The highest BCUT2D eigenvalue weighted by Crippen LogP contribution is 2.30. The van der Waals surface area contributed by atoms with Crippen molar-refractivity contribution in [1.29, 1.82) is 0 Å². The lowest BCUT2D eigenvalue weighted by Gasteiger charge is -2.12. The monoisotopic (exact) mass is 306 g/mol. The van der Waals surface area contributed by atoms with E-state index in [0.717, 1.165) is 0 Å². The zero-order chi connectivity index (χ0) is 15.2. The number of nitrogens with zero attached hydrogens (tertiary/aromatic N) is 1. The van der Waals surface area contributed by atoms with E-state index in [9.17, 15) is 4.79 Å². The van der Waals surface area contributed by atoms with Crippen LogP contribution < -0.4 is 14.8 Å². The van der Waals surface area contributed by atoms with Crippen molar-refractivity contribution in [3.8, 4) is 11.5 Å². The summed E-state index contributed by atoms with van der Waals surface area (Å²) in [5.41, 5.74) is 0.952. The summed E-state index contributed by atoms with van der Waals surface area (Å²) in [6.07, 6.45) is 2.94. The number of aromatic nitrogens is 1. The third-order valence-corrected chi connectivity index (χ3v) is 3.04. The summed E-state index contributed by atoms with van der Waals surface area (Å²) >= 11 is 5.94. The molecule has 1 N–H and O–H groups in total. The third kappa shape index (κ3) is 3.64. The van der Waals surface area contributed by atoms with Gasteiger partial charge in [0, 0.05) is 24.1 Å².